The first kappa shape index (κ1) is 8.93. The maximum atomic E-state index is 10.1. The summed E-state index contributed by atoms with van der Waals surface area (Å²) in [6.07, 6.45) is 4.36. The van der Waals surface area contributed by atoms with Crippen molar-refractivity contribution in [2.75, 3.05) is 0 Å². The summed E-state index contributed by atoms with van der Waals surface area (Å²) < 4.78 is 22.2. The molecule has 0 N–H and O–H groups in total. The van der Waals surface area contributed by atoms with Gasteiger partial charge in [-0.1, -0.05) is 6.07 Å². The average molecular weight is 184 g/mol. The first-order valence-corrected chi connectivity index (χ1v) is 4.78. The van der Waals surface area contributed by atoms with Crippen LogP contribution in [0.5, 0.6) is 0 Å². The lowest BCUT2D eigenvalue weighted by atomic mass is 10.4. The van der Waals surface area contributed by atoms with E-state index in [0.29, 0.717) is 13.0 Å². The van der Waals surface area contributed by atoms with Gasteiger partial charge in [0.15, 0.2) is 18.9 Å². The van der Waals surface area contributed by atoms with Crippen LogP contribution in [0.1, 0.15) is 6.42 Å². The Labute approximate surface area is 72.8 Å². The quantitative estimate of drug-likeness (QED) is 0.491. The van der Waals surface area contributed by atoms with Crippen molar-refractivity contribution in [1.82, 2.24) is 0 Å². The molecule has 0 aliphatic heterocycles. The number of hydrogen-bond acceptors (Lipinski definition) is 2. The molecule has 1 aromatic rings. The number of hydrogen-bond donors (Lipinski definition) is 0. The van der Waals surface area contributed by atoms with E-state index in [4.69, 9.17) is 0 Å². The van der Waals surface area contributed by atoms with Crippen molar-refractivity contribution in [1.29, 1.82) is 0 Å². The third kappa shape index (κ3) is 3.30. The van der Waals surface area contributed by atoms with Gasteiger partial charge in [0.25, 0.3) is 0 Å². The number of rotatable bonds is 3. The van der Waals surface area contributed by atoms with E-state index in [9.17, 15) is 8.42 Å². The number of nitrogens with zero attached hydrogens (tertiary/aromatic N) is 1. The molecule has 0 fully saturated rings. The van der Waals surface area contributed by atoms with Crippen LogP contribution in [0.4, 0.5) is 0 Å². The molecular weight excluding hydrogens is 174 g/mol. The van der Waals surface area contributed by atoms with Crippen LogP contribution in [0.15, 0.2) is 30.6 Å². The summed E-state index contributed by atoms with van der Waals surface area (Å²) >= 11 is 0. The van der Waals surface area contributed by atoms with Crippen LogP contribution >= 0.6 is 0 Å². The van der Waals surface area contributed by atoms with Gasteiger partial charge in [0.05, 0.1) is 0 Å². The zero-order valence-electron chi connectivity index (χ0n) is 6.55. The third-order valence-corrected chi connectivity index (χ3v) is 1.93. The van der Waals surface area contributed by atoms with Crippen molar-refractivity contribution in [3.63, 3.8) is 0 Å². The van der Waals surface area contributed by atoms with Crippen molar-refractivity contribution in [2.24, 2.45) is 0 Å². The van der Waals surface area contributed by atoms with Crippen LogP contribution in [-0.2, 0) is 16.8 Å². The topological polar surface area (TPSA) is 38.0 Å². The lowest BCUT2D eigenvalue weighted by molar-refractivity contribution is -0.695. The van der Waals surface area contributed by atoms with E-state index < -0.39 is 10.3 Å². The van der Waals surface area contributed by atoms with E-state index in [2.05, 4.69) is 0 Å². The minimum Gasteiger partial charge on any atom is -0.205 e. The summed E-state index contributed by atoms with van der Waals surface area (Å²) in [5.41, 5.74) is 0. The first-order valence-electron chi connectivity index (χ1n) is 3.64. The molecule has 0 aliphatic carbocycles. The molecule has 0 aliphatic rings. The lowest BCUT2D eigenvalue weighted by Gasteiger charge is -1.89. The number of aromatic nitrogens is 1. The number of pyridine rings is 1. The molecule has 1 rings (SSSR count). The highest BCUT2D eigenvalue weighted by molar-refractivity contribution is 7.71. The fraction of sp³-hybridized carbons (Fsp3) is 0.250. The van der Waals surface area contributed by atoms with E-state index >= 15 is 0 Å². The molecule has 3 nitrogen and oxygen atoms in total. The molecule has 0 saturated heterocycles. The fourth-order valence-electron chi connectivity index (χ4n) is 0.881. The second-order valence-electron chi connectivity index (χ2n) is 2.33. The summed E-state index contributed by atoms with van der Waals surface area (Å²) in [6, 6.07) is 5.74. The first-order chi connectivity index (χ1) is 5.79. The summed E-state index contributed by atoms with van der Waals surface area (Å²) in [5.74, 6) is 0. The SMILES string of the molecule is O=S(=O)=CCC[n+]1ccccc1. The minimum absolute atomic E-state index is 0.546. The standard InChI is InChI=1S/C8H10NO2S/c10-12(11)8-4-7-9-5-2-1-3-6-9/h1-3,5-6,8H,4,7H2/q+1. The zero-order chi connectivity index (χ0) is 8.81. The van der Waals surface area contributed by atoms with E-state index in [1.54, 1.807) is 0 Å². The Kier molecular flexibility index (Phi) is 3.47. The highest BCUT2D eigenvalue weighted by atomic mass is 32.2. The Morgan fingerprint density at radius 1 is 1.17 bits per heavy atom. The molecule has 0 unspecified atom stereocenters. The summed E-state index contributed by atoms with van der Waals surface area (Å²) in [5, 5.41) is 1.26. The van der Waals surface area contributed by atoms with Crippen LogP contribution in [-0.4, -0.2) is 13.8 Å². The fourth-order valence-corrected chi connectivity index (χ4v) is 1.18. The molecule has 0 bridgehead atoms. The molecule has 0 aromatic carbocycles. The average Bonchev–Trinajstić information content (AvgIpc) is 2.05. The highest BCUT2D eigenvalue weighted by Crippen LogP contribution is 1.78. The Morgan fingerprint density at radius 2 is 1.83 bits per heavy atom. The molecule has 0 atom stereocenters. The van der Waals surface area contributed by atoms with Gasteiger partial charge in [0, 0.05) is 23.9 Å². The van der Waals surface area contributed by atoms with Crippen LogP contribution in [0.3, 0.4) is 0 Å². The van der Waals surface area contributed by atoms with Gasteiger partial charge in [0.1, 0.15) is 0 Å². The number of aryl methyl sites for hydroxylation is 1. The van der Waals surface area contributed by atoms with Crippen LogP contribution in [0, 0.1) is 0 Å². The van der Waals surface area contributed by atoms with Gasteiger partial charge in [-0.25, -0.2) is 4.57 Å². The Balaban J connectivity index is 2.50. The molecule has 12 heavy (non-hydrogen) atoms. The van der Waals surface area contributed by atoms with Gasteiger partial charge in [-0.15, -0.1) is 0 Å². The van der Waals surface area contributed by atoms with E-state index in [1.165, 1.54) is 5.37 Å². The summed E-state index contributed by atoms with van der Waals surface area (Å²) in [7, 11) is -2.03. The molecule has 64 valence electrons. The minimum atomic E-state index is -2.03. The van der Waals surface area contributed by atoms with Gasteiger partial charge in [-0.3, -0.25) is 0 Å². The van der Waals surface area contributed by atoms with E-state index in [1.807, 2.05) is 35.2 Å². The van der Waals surface area contributed by atoms with E-state index in [-0.39, 0.29) is 0 Å². The predicted octanol–water partition coefficient (Wildman–Crippen LogP) is 0.0455. The molecule has 0 saturated carbocycles. The molecule has 4 heteroatoms. The monoisotopic (exact) mass is 184 g/mol. The van der Waals surface area contributed by atoms with E-state index in [0.717, 1.165) is 0 Å². The van der Waals surface area contributed by atoms with Gasteiger partial charge >= 0.3 is 0 Å². The van der Waals surface area contributed by atoms with Gasteiger partial charge in [-0.05, 0) is 0 Å². The molecule has 1 heterocycles. The van der Waals surface area contributed by atoms with Gasteiger partial charge < -0.3 is 0 Å². The van der Waals surface area contributed by atoms with Crippen molar-refractivity contribution in [3.8, 4) is 0 Å². The zero-order valence-corrected chi connectivity index (χ0v) is 7.37. The summed E-state index contributed by atoms with van der Waals surface area (Å²) in [6.45, 7) is 0.703. The van der Waals surface area contributed by atoms with Crippen LogP contribution in [0.25, 0.3) is 0 Å². The Morgan fingerprint density at radius 3 is 2.42 bits per heavy atom. The largest absolute Gasteiger partial charge is 0.210 e. The van der Waals surface area contributed by atoms with Crippen LogP contribution in [0.2, 0.25) is 0 Å². The smallest absolute Gasteiger partial charge is 0.205 e. The van der Waals surface area contributed by atoms with Crippen molar-refractivity contribution >= 4 is 15.7 Å². The molecule has 0 radical (unpaired) electrons. The third-order valence-electron chi connectivity index (χ3n) is 1.42. The van der Waals surface area contributed by atoms with Crippen molar-refractivity contribution < 1.29 is 13.0 Å². The normalized spacial score (nSPS) is 9.33. The molecule has 0 spiro atoms. The lowest BCUT2D eigenvalue weighted by Crippen LogP contribution is -2.32. The van der Waals surface area contributed by atoms with Crippen LogP contribution < -0.4 is 4.57 Å². The maximum Gasteiger partial charge on any atom is 0.210 e. The highest BCUT2D eigenvalue weighted by Gasteiger charge is 1.93. The maximum absolute atomic E-state index is 10.1. The second kappa shape index (κ2) is 4.66. The van der Waals surface area contributed by atoms with Crippen molar-refractivity contribution in [2.45, 2.75) is 13.0 Å². The van der Waals surface area contributed by atoms with Gasteiger partial charge in [-0.2, -0.15) is 8.42 Å². The molecule has 0 amide bonds. The predicted molar refractivity (Wildman–Crippen MR) is 46.2 cm³/mol. The Hall–Kier alpha value is -1.16. The van der Waals surface area contributed by atoms with Gasteiger partial charge in [0.2, 0.25) is 10.3 Å². The summed E-state index contributed by atoms with van der Waals surface area (Å²) in [4.78, 5) is 0. The Bertz CT molecular complexity index is 348. The second-order valence-corrected chi connectivity index (χ2v) is 3.18. The molecule has 1 aromatic heterocycles. The van der Waals surface area contributed by atoms with Crippen molar-refractivity contribution in [3.05, 3.63) is 30.6 Å². The molecular formula is C8H10NO2S+.